The topological polar surface area (TPSA) is 67.4 Å². The van der Waals surface area contributed by atoms with Crippen molar-refractivity contribution in [1.82, 2.24) is 5.32 Å². The van der Waals surface area contributed by atoms with Gasteiger partial charge >= 0.3 is 0 Å². The molecule has 0 atom stereocenters. The molecule has 0 radical (unpaired) electrons. The van der Waals surface area contributed by atoms with Crippen LogP contribution in [0.15, 0.2) is 66.7 Å². The second-order valence-corrected chi connectivity index (χ2v) is 8.13. The number of carbonyl (C=O) groups excluding carboxylic acids is 2. The predicted molar refractivity (Wildman–Crippen MR) is 129 cm³/mol. The van der Waals surface area contributed by atoms with E-state index < -0.39 is 0 Å². The molecule has 0 aliphatic heterocycles. The summed E-state index contributed by atoms with van der Waals surface area (Å²) in [5.41, 5.74) is 3.05. The lowest BCUT2D eigenvalue weighted by Crippen LogP contribution is -2.25. The van der Waals surface area contributed by atoms with Gasteiger partial charge < -0.3 is 15.4 Å². The normalized spacial score (nSPS) is 10.5. The van der Waals surface area contributed by atoms with Crippen LogP contribution in [0.4, 0.5) is 5.69 Å². The van der Waals surface area contributed by atoms with Gasteiger partial charge in [-0.3, -0.25) is 9.59 Å². The first-order valence-corrected chi connectivity index (χ1v) is 11.0. The number of rotatable bonds is 9. The third-order valence-corrected chi connectivity index (χ3v) is 5.25. The van der Waals surface area contributed by atoms with Crippen molar-refractivity contribution in [2.75, 3.05) is 11.9 Å². The maximum Gasteiger partial charge on any atom is 0.253 e. The Morgan fingerprint density at radius 1 is 0.969 bits per heavy atom. The number of carbonyl (C=O) groups is 2. The van der Waals surface area contributed by atoms with Crippen molar-refractivity contribution in [3.63, 3.8) is 0 Å². The number of anilines is 1. The highest BCUT2D eigenvalue weighted by Gasteiger charge is 2.13. The molecule has 0 aliphatic rings. The third-order valence-electron chi connectivity index (χ3n) is 4.72. The van der Waals surface area contributed by atoms with E-state index in [-0.39, 0.29) is 18.2 Å². The number of para-hydroxylation sites is 1. The molecule has 0 fully saturated rings. The molecule has 3 aromatic carbocycles. The van der Waals surface area contributed by atoms with Crippen molar-refractivity contribution in [3.05, 3.63) is 93.5 Å². The van der Waals surface area contributed by atoms with Crippen molar-refractivity contribution >= 4 is 40.7 Å². The summed E-state index contributed by atoms with van der Waals surface area (Å²) in [5.74, 6) is 0.0730. The van der Waals surface area contributed by atoms with Crippen molar-refractivity contribution in [2.24, 2.45) is 0 Å². The fraction of sp³-hybridized carbons (Fsp3) is 0.200. The molecule has 0 saturated heterocycles. The molecule has 0 spiro atoms. The standard InChI is InChI=1S/C25H24Cl2N2O3/c1-17-8-10-18(11-9-17)16-28-25(31)20-5-2-3-6-22(20)29-24(30)7-4-14-32-23-13-12-19(26)15-21(23)27/h2-3,5-6,8-13,15H,4,7,14,16H2,1H3,(H,28,31)(H,29,30). The Kier molecular flexibility index (Phi) is 8.54. The molecule has 2 amide bonds. The highest BCUT2D eigenvalue weighted by molar-refractivity contribution is 6.35. The Morgan fingerprint density at radius 3 is 2.47 bits per heavy atom. The van der Waals surface area contributed by atoms with Crippen molar-refractivity contribution < 1.29 is 14.3 Å². The molecule has 0 bridgehead atoms. The fourth-order valence-electron chi connectivity index (χ4n) is 2.99. The van der Waals surface area contributed by atoms with E-state index in [1.54, 1.807) is 42.5 Å². The highest BCUT2D eigenvalue weighted by atomic mass is 35.5. The second kappa shape index (κ2) is 11.6. The van der Waals surface area contributed by atoms with Crippen LogP contribution in [0.3, 0.4) is 0 Å². The summed E-state index contributed by atoms with van der Waals surface area (Å²) in [5, 5.41) is 6.67. The molecule has 0 aromatic heterocycles. The molecule has 32 heavy (non-hydrogen) atoms. The van der Waals surface area contributed by atoms with Crippen molar-refractivity contribution in [2.45, 2.75) is 26.3 Å². The van der Waals surface area contributed by atoms with E-state index in [2.05, 4.69) is 10.6 Å². The minimum atomic E-state index is -0.248. The molecule has 3 rings (SSSR count). The van der Waals surface area contributed by atoms with Gasteiger partial charge in [-0.1, -0.05) is 65.2 Å². The van der Waals surface area contributed by atoms with E-state index in [1.165, 1.54) is 0 Å². The summed E-state index contributed by atoms with van der Waals surface area (Å²) in [6, 6.07) is 19.9. The summed E-state index contributed by atoms with van der Waals surface area (Å²) in [6.45, 7) is 2.75. The zero-order valence-electron chi connectivity index (χ0n) is 17.7. The quantitative estimate of drug-likeness (QED) is 0.375. The number of hydrogen-bond donors (Lipinski definition) is 2. The van der Waals surface area contributed by atoms with Crippen LogP contribution in [-0.4, -0.2) is 18.4 Å². The average molecular weight is 471 g/mol. The zero-order valence-corrected chi connectivity index (χ0v) is 19.2. The second-order valence-electron chi connectivity index (χ2n) is 7.29. The predicted octanol–water partition coefficient (Wildman–Crippen LogP) is 6.03. The fourth-order valence-corrected chi connectivity index (χ4v) is 3.46. The van der Waals surface area contributed by atoms with Crippen LogP contribution in [0, 0.1) is 6.92 Å². The van der Waals surface area contributed by atoms with E-state index in [4.69, 9.17) is 27.9 Å². The lowest BCUT2D eigenvalue weighted by Gasteiger charge is -2.12. The monoisotopic (exact) mass is 470 g/mol. The Morgan fingerprint density at radius 2 is 1.72 bits per heavy atom. The minimum Gasteiger partial charge on any atom is -0.492 e. The number of nitrogens with one attached hydrogen (secondary N) is 2. The summed E-state index contributed by atoms with van der Waals surface area (Å²) in [4.78, 5) is 25.0. The summed E-state index contributed by atoms with van der Waals surface area (Å²) >= 11 is 11.9. The Labute approximate surface area is 197 Å². The van der Waals surface area contributed by atoms with Gasteiger partial charge in [0.05, 0.1) is 22.9 Å². The molecule has 3 aromatic rings. The lowest BCUT2D eigenvalue weighted by molar-refractivity contribution is -0.116. The molecule has 5 nitrogen and oxygen atoms in total. The van der Waals surface area contributed by atoms with Gasteiger partial charge in [0.2, 0.25) is 5.91 Å². The number of ether oxygens (including phenoxy) is 1. The molecule has 0 saturated carbocycles. The first-order valence-electron chi connectivity index (χ1n) is 10.2. The molecule has 0 aliphatic carbocycles. The van der Waals surface area contributed by atoms with Gasteiger partial charge in [-0.15, -0.1) is 0 Å². The summed E-state index contributed by atoms with van der Waals surface area (Å²) in [7, 11) is 0. The Hall–Kier alpha value is -3.02. The molecule has 7 heteroatoms. The largest absolute Gasteiger partial charge is 0.492 e. The van der Waals surface area contributed by atoms with Gasteiger partial charge in [0, 0.05) is 18.0 Å². The molecule has 2 N–H and O–H groups in total. The number of benzene rings is 3. The van der Waals surface area contributed by atoms with Crippen LogP contribution >= 0.6 is 23.2 Å². The van der Waals surface area contributed by atoms with E-state index in [1.807, 2.05) is 31.2 Å². The first kappa shape index (κ1) is 23.6. The Bertz CT molecular complexity index is 1080. The van der Waals surface area contributed by atoms with Crippen LogP contribution in [0.25, 0.3) is 0 Å². The van der Waals surface area contributed by atoms with Gasteiger partial charge in [0.15, 0.2) is 0 Å². The number of amides is 2. The maximum atomic E-state index is 12.7. The van der Waals surface area contributed by atoms with Crippen molar-refractivity contribution in [3.8, 4) is 5.75 Å². The SMILES string of the molecule is Cc1ccc(CNC(=O)c2ccccc2NC(=O)CCCOc2ccc(Cl)cc2Cl)cc1. The zero-order chi connectivity index (χ0) is 22.9. The molecular formula is C25H24Cl2N2O3. The summed E-state index contributed by atoms with van der Waals surface area (Å²) < 4.78 is 5.60. The number of hydrogen-bond acceptors (Lipinski definition) is 3. The third kappa shape index (κ3) is 7.01. The van der Waals surface area contributed by atoms with Crippen LogP contribution in [0.1, 0.15) is 34.3 Å². The maximum absolute atomic E-state index is 12.7. The molecular weight excluding hydrogens is 447 g/mol. The van der Waals surface area contributed by atoms with Gasteiger partial charge in [-0.2, -0.15) is 0 Å². The van der Waals surface area contributed by atoms with Crippen molar-refractivity contribution in [1.29, 1.82) is 0 Å². The lowest BCUT2D eigenvalue weighted by atomic mass is 10.1. The van der Waals surface area contributed by atoms with Gasteiger partial charge in [-0.25, -0.2) is 0 Å². The minimum absolute atomic E-state index is 0.199. The van der Waals surface area contributed by atoms with Gasteiger partial charge in [0.25, 0.3) is 5.91 Å². The van der Waals surface area contributed by atoms with Crippen LogP contribution in [0.5, 0.6) is 5.75 Å². The van der Waals surface area contributed by atoms with E-state index >= 15 is 0 Å². The number of aryl methyl sites for hydroxylation is 1. The highest BCUT2D eigenvalue weighted by Crippen LogP contribution is 2.27. The molecule has 166 valence electrons. The van der Waals surface area contributed by atoms with Crippen LogP contribution < -0.4 is 15.4 Å². The summed E-state index contributed by atoms with van der Waals surface area (Å²) in [6.07, 6.45) is 0.733. The van der Waals surface area contributed by atoms with E-state index in [9.17, 15) is 9.59 Å². The average Bonchev–Trinajstić information content (AvgIpc) is 2.77. The molecule has 0 heterocycles. The smallest absolute Gasteiger partial charge is 0.253 e. The molecule has 0 unspecified atom stereocenters. The van der Waals surface area contributed by atoms with Crippen LogP contribution in [-0.2, 0) is 11.3 Å². The van der Waals surface area contributed by atoms with Gasteiger partial charge in [-0.05, 0) is 49.2 Å². The van der Waals surface area contributed by atoms with E-state index in [0.717, 1.165) is 11.1 Å². The van der Waals surface area contributed by atoms with E-state index in [0.29, 0.717) is 46.6 Å². The first-order chi connectivity index (χ1) is 15.4. The van der Waals surface area contributed by atoms with Crippen LogP contribution in [0.2, 0.25) is 10.0 Å². The Balaban J connectivity index is 1.49. The number of halogens is 2. The van der Waals surface area contributed by atoms with Gasteiger partial charge in [0.1, 0.15) is 5.75 Å².